The van der Waals surface area contributed by atoms with Crippen LogP contribution in [0.4, 0.5) is 0 Å². The van der Waals surface area contributed by atoms with Crippen LogP contribution >= 0.6 is 17.0 Å². The van der Waals surface area contributed by atoms with Crippen LogP contribution in [0.3, 0.4) is 0 Å². The SMILES string of the molecule is CC(C)(C)c1c[c-]c2c(c1)-c1cc(C(C)(C)C)ccc1C2.CCCc1cc2c(-c3ccccc3)cccc2[cH-]1.[Cl][Zr+2][Cl].c1ccc([Si]c2ccccc2)cc1. The van der Waals surface area contributed by atoms with Crippen molar-refractivity contribution in [1.82, 2.24) is 0 Å². The number of rotatable bonds is 5. The van der Waals surface area contributed by atoms with E-state index in [-0.39, 0.29) is 10.8 Å². The Hall–Kier alpha value is -3.39. The largest absolute Gasteiger partial charge is 0.121 e. The molecule has 0 atom stereocenters. The van der Waals surface area contributed by atoms with Gasteiger partial charge in [-0.3, -0.25) is 0 Å². The van der Waals surface area contributed by atoms with Crippen molar-refractivity contribution >= 4 is 47.7 Å². The van der Waals surface area contributed by atoms with E-state index in [0.29, 0.717) is 0 Å². The van der Waals surface area contributed by atoms with Gasteiger partial charge in [-0.25, -0.2) is 0 Å². The van der Waals surface area contributed by atoms with E-state index in [2.05, 4.69) is 206 Å². The van der Waals surface area contributed by atoms with E-state index in [9.17, 15) is 0 Å². The number of fused-ring (bicyclic) bond motifs is 4. The molecule has 0 aliphatic heterocycles. The van der Waals surface area contributed by atoms with Crippen LogP contribution in [-0.4, -0.2) is 9.52 Å². The molecule has 0 unspecified atom stereocenters. The number of hydrogen-bond donors (Lipinski definition) is 0. The second-order valence-corrected chi connectivity index (χ2v) is 21.2. The fraction of sp³-hybridized carbons (Fsp3) is 0.235. The van der Waals surface area contributed by atoms with Gasteiger partial charge in [-0.15, -0.1) is 40.1 Å². The molecular weight excluding hydrogens is 803 g/mol. The minimum atomic E-state index is -0.826. The van der Waals surface area contributed by atoms with Gasteiger partial charge < -0.3 is 0 Å². The molecule has 0 fully saturated rings. The predicted molar refractivity (Wildman–Crippen MR) is 240 cm³/mol. The maximum Gasteiger partial charge on any atom is 0.121 e. The summed E-state index contributed by atoms with van der Waals surface area (Å²) in [5, 5.41) is 5.54. The fourth-order valence-corrected chi connectivity index (χ4v) is 7.85. The van der Waals surface area contributed by atoms with Gasteiger partial charge in [0, 0.05) is 0 Å². The van der Waals surface area contributed by atoms with Gasteiger partial charge in [0.25, 0.3) is 0 Å². The molecule has 0 N–H and O–H groups in total. The molecule has 2 radical (unpaired) electrons. The Kier molecular flexibility index (Phi) is 15.7. The molecule has 8 rings (SSSR count). The van der Waals surface area contributed by atoms with Crippen LogP contribution in [-0.2, 0) is 44.5 Å². The molecule has 0 saturated heterocycles. The molecule has 1 aliphatic rings. The molecule has 0 heterocycles. The Morgan fingerprint density at radius 1 is 0.636 bits per heavy atom. The summed E-state index contributed by atoms with van der Waals surface area (Å²) >= 11 is -0.826. The molecule has 4 heteroatoms. The van der Waals surface area contributed by atoms with Gasteiger partial charge in [0.2, 0.25) is 0 Å². The molecule has 1 aliphatic carbocycles. The third-order valence-corrected chi connectivity index (χ3v) is 11.0. The summed E-state index contributed by atoms with van der Waals surface area (Å²) in [6, 6.07) is 58.1. The van der Waals surface area contributed by atoms with Crippen molar-refractivity contribution in [3.05, 3.63) is 186 Å². The van der Waals surface area contributed by atoms with E-state index < -0.39 is 20.8 Å². The van der Waals surface area contributed by atoms with Crippen molar-refractivity contribution in [2.75, 3.05) is 0 Å². The van der Waals surface area contributed by atoms with E-state index in [1.807, 2.05) is 0 Å². The average molecular weight is 855 g/mol. The second-order valence-electron chi connectivity index (χ2n) is 16.0. The monoisotopic (exact) mass is 852 g/mol. The van der Waals surface area contributed by atoms with Crippen molar-refractivity contribution in [3.8, 4) is 22.3 Å². The molecule has 7 aromatic rings. The number of benzene rings is 6. The minimum absolute atomic E-state index is 0.177. The summed E-state index contributed by atoms with van der Waals surface area (Å²) in [4.78, 5) is 0. The van der Waals surface area contributed by atoms with Gasteiger partial charge in [-0.05, 0) is 29.4 Å². The maximum absolute atomic E-state index is 4.93. The molecule has 0 nitrogen and oxygen atoms in total. The summed E-state index contributed by atoms with van der Waals surface area (Å²) in [6.07, 6.45) is 3.40. The normalized spacial score (nSPS) is 11.4. The molecule has 0 spiro atoms. The van der Waals surface area contributed by atoms with Crippen molar-refractivity contribution < 1.29 is 20.8 Å². The first-order chi connectivity index (χ1) is 26.4. The first-order valence-corrected chi connectivity index (χ1v) is 26.5. The second kappa shape index (κ2) is 20.2. The fourth-order valence-electron chi connectivity index (χ4n) is 6.79. The minimum Gasteiger partial charge on any atom is -0.0631 e. The average Bonchev–Trinajstić information content (AvgIpc) is 3.77. The van der Waals surface area contributed by atoms with Gasteiger partial charge in [0.1, 0.15) is 9.52 Å². The summed E-state index contributed by atoms with van der Waals surface area (Å²) in [5.41, 5.74) is 12.9. The zero-order valence-electron chi connectivity index (χ0n) is 33.3. The van der Waals surface area contributed by atoms with Gasteiger partial charge in [-0.2, -0.15) is 35.4 Å². The molecule has 0 bridgehead atoms. The van der Waals surface area contributed by atoms with E-state index in [1.165, 1.54) is 84.1 Å². The van der Waals surface area contributed by atoms with Crippen LogP contribution in [0.25, 0.3) is 33.0 Å². The van der Waals surface area contributed by atoms with E-state index in [1.54, 1.807) is 0 Å². The Morgan fingerprint density at radius 3 is 1.76 bits per heavy atom. The van der Waals surface area contributed by atoms with Crippen LogP contribution in [0, 0.1) is 6.07 Å². The van der Waals surface area contributed by atoms with Crippen molar-refractivity contribution in [2.45, 2.75) is 78.6 Å². The van der Waals surface area contributed by atoms with Crippen molar-refractivity contribution in [2.24, 2.45) is 0 Å². The number of halogens is 2. The zero-order chi connectivity index (χ0) is 39.4. The predicted octanol–water partition coefficient (Wildman–Crippen LogP) is 13.5. The molecule has 0 aromatic heterocycles. The van der Waals surface area contributed by atoms with Crippen LogP contribution < -0.4 is 10.4 Å². The first-order valence-electron chi connectivity index (χ1n) is 19.2. The molecule has 0 amide bonds. The van der Waals surface area contributed by atoms with E-state index in [4.69, 9.17) is 17.0 Å². The van der Waals surface area contributed by atoms with Gasteiger partial charge in [-0.1, -0.05) is 203 Å². The molecule has 0 saturated carbocycles. The molecule has 7 aromatic carbocycles. The van der Waals surface area contributed by atoms with Crippen molar-refractivity contribution in [1.29, 1.82) is 0 Å². The van der Waals surface area contributed by atoms with E-state index in [0.717, 1.165) is 15.9 Å². The topological polar surface area (TPSA) is 0 Å². The Bertz CT molecular complexity index is 2130. The van der Waals surface area contributed by atoms with Crippen LogP contribution in [0.5, 0.6) is 0 Å². The van der Waals surface area contributed by atoms with Crippen molar-refractivity contribution in [3.63, 3.8) is 0 Å². The maximum atomic E-state index is 4.93. The summed E-state index contributed by atoms with van der Waals surface area (Å²) in [6.45, 7) is 15.9. The van der Waals surface area contributed by atoms with Crippen LogP contribution in [0.15, 0.2) is 152 Å². The molecular formula is C51H52Cl2SiZr. The smallest absolute Gasteiger partial charge is 0.0631 e. The standard InChI is InChI=1S/C21H25.C18H17.C12H10Si.2ClH.Zr/c1-20(2,3)16-9-7-14-11-15-8-10-17(21(4,5)6)13-19(15)18(14)12-16;1-2-7-14-12-16-10-6-11-17(18(16)13-14)15-8-4-3-5-9-15;1-3-7-11(8-4-1)13-12-9-5-2-6-10-12;;;/h7,9-10,12-13H,11H2,1-6H3;3-6,8-13H,2,7H2,1H3;1-10H;2*1H;/q2*-1;;;;+4/p-2. The summed E-state index contributed by atoms with van der Waals surface area (Å²) in [7, 11) is 10.6. The number of hydrogen-bond acceptors (Lipinski definition) is 0. The Balaban J connectivity index is 0.000000156. The quantitative estimate of drug-likeness (QED) is 0.120. The Morgan fingerprint density at radius 2 is 1.20 bits per heavy atom. The summed E-state index contributed by atoms with van der Waals surface area (Å²) < 4.78 is 0. The third kappa shape index (κ3) is 12.1. The van der Waals surface area contributed by atoms with E-state index >= 15 is 0 Å². The van der Waals surface area contributed by atoms with Gasteiger partial charge in [0.15, 0.2) is 0 Å². The zero-order valence-corrected chi connectivity index (χ0v) is 38.3. The Labute approximate surface area is 352 Å². The number of aryl methyl sites for hydroxylation is 1. The van der Waals surface area contributed by atoms with Crippen LogP contribution in [0.2, 0.25) is 0 Å². The van der Waals surface area contributed by atoms with Gasteiger partial charge >= 0.3 is 37.9 Å². The molecule has 55 heavy (non-hydrogen) atoms. The summed E-state index contributed by atoms with van der Waals surface area (Å²) in [5.74, 6) is 0. The molecule has 278 valence electrons. The first kappa shape index (κ1) is 42.7. The third-order valence-electron chi connectivity index (χ3n) is 9.80. The van der Waals surface area contributed by atoms with Gasteiger partial charge in [0.05, 0.1) is 0 Å². The van der Waals surface area contributed by atoms with Crippen LogP contribution in [0.1, 0.15) is 82.7 Å².